The van der Waals surface area contributed by atoms with Crippen molar-refractivity contribution < 1.29 is 5.11 Å². The number of aromatic nitrogens is 1. The molecule has 19 heavy (non-hydrogen) atoms. The van der Waals surface area contributed by atoms with Crippen molar-refractivity contribution in [3.05, 3.63) is 42.2 Å². The summed E-state index contributed by atoms with van der Waals surface area (Å²) in [6, 6.07) is 8.18. The Hall–Kier alpha value is -2.07. The summed E-state index contributed by atoms with van der Waals surface area (Å²) >= 11 is 0. The Bertz CT molecular complexity index is 612. The lowest BCUT2D eigenvalue weighted by Gasteiger charge is -2.32. The van der Waals surface area contributed by atoms with Crippen LogP contribution in [-0.2, 0) is 6.42 Å². The number of fused-ring (bicyclic) bond motifs is 1. The lowest BCUT2D eigenvalue weighted by atomic mass is 9.96. The molecular weight excluding hydrogens is 238 g/mol. The normalized spacial score (nSPS) is 18.2. The summed E-state index contributed by atoms with van der Waals surface area (Å²) in [7, 11) is 1.92. The molecule has 1 aromatic heterocycles. The molecule has 0 saturated heterocycles. The molecule has 2 heterocycles. The Morgan fingerprint density at radius 1 is 1.26 bits per heavy atom. The lowest BCUT2D eigenvalue weighted by molar-refractivity contribution is 0.160. The predicted octanol–water partition coefficient (Wildman–Crippen LogP) is 2.03. The predicted molar refractivity (Wildman–Crippen MR) is 76.8 cm³/mol. The fourth-order valence-electron chi connectivity index (χ4n) is 2.56. The van der Waals surface area contributed by atoms with Gasteiger partial charge < -0.3 is 15.7 Å². The Labute approximate surface area is 112 Å². The number of pyridine rings is 1. The van der Waals surface area contributed by atoms with E-state index in [4.69, 9.17) is 5.73 Å². The SMILES string of the molecule is CN1c2ccc(-c3cncc(N)c3)cc2CCC1O. The number of aliphatic hydroxyl groups excluding tert-OH is 1. The molecule has 0 bridgehead atoms. The van der Waals surface area contributed by atoms with Gasteiger partial charge in [0.1, 0.15) is 6.23 Å². The number of hydrogen-bond acceptors (Lipinski definition) is 4. The topological polar surface area (TPSA) is 62.4 Å². The average Bonchev–Trinajstić information content (AvgIpc) is 2.43. The van der Waals surface area contributed by atoms with E-state index in [0.717, 1.165) is 29.7 Å². The molecule has 1 atom stereocenters. The molecule has 0 radical (unpaired) electrons. The summed E-state index contributed by atoms with van der Waals surface area (Å²) in [5.74, 6) is 0. The van der Waals surface area contributed by atoms with Crippen LogP contribution in [-0.4, -0.2) is 23.4 Å². The maximum Gasteiger partial charge on any atom is 0.126 e. The van der Waals surface area contributed by atoms with Crippen LogP contribution >= 0.6 is 0 Å². The molecule has 1 aromatic carbocycles. The van der Waals surface area contributed by atoms with Crippen LogP contribution in [0.25, 0.3) is 11.1 Å². The van der Waals surface area contributed by atoms with Crippen LogP contribution in [0.5, 0.6) is 0 Å². The van der Waals surface area contributed by atoms with Gasteiger partial charge in [0.25, 0.3) is 0 Å². The Morgan fingerprint density at radius 2 is 2.11 bits per heavy atom. The average molecular weight is 255 g/mol. The number of anilines is 2. The summed E-state index contributed by atoms with van der Waals surface area (Å²) in [5, 5.41) is 9.85. The molecule has 3 rings (SSSR count). The van der Waals surface area contributed by atoms with Crippen LogP contribution in [0.4, 0.5) is 11.4 Å². The largest absolute Gasteiger partial charge is 0.397 e. The molecule has 98 valence electrons. The third-order valence-corrected chi connectivity index (χ3v) is 3.67. The molecule has 1 unspecified atom stereocenters. The first-order chi connectivity index (χ1) is 9.15. The number of aryl methyl sites for hydroxylation is 1. The van der Waals surface area contributed by atoms with Gasteiger partial charge >= 0.3 is 0 Å². The first-order valence-corrected chi connectivity index (χ1v) is 6.40. The van der Waals surface area contributed by atoms with Gasteiger partial charge in [-0.15, -0.1) is 0 Å². The Kier molecular flexibility index (Phi) is 2.87. The van der Waals surface area contributed by atoms with E-state index in [-0.39, 0.29) is 6.23 Å². The number of aliphatic hydroxyl groups is 1. The Balaban J connectivity index is 2.03. The quantitative estimate of drug-likeness (QED) is 0.818. The molecule has 1 aliphatic heterocycles. The standard InChI is InChI=1S/C15H17N3O/c1-18-14-4-2-10(6-11(14)3-5-15(18)19)12-7-13(16)9-17-8-12/h2,4,6-9,15,19H,3,5,16H2,1H3. The molecule has 0 aliphatic carbocycles. The van der Waals surface area contributed by atoms with Gasteiger partial charge in [-0.1, -0.05) is 6.07 Å². The van der Waals surface area contributed by atoms with Gasteiger partial charge in [-0.25, -0.2) is 0 Å². The second kappa shape index (κ2) is 4.55. The van der Waals surface area contributed by atoms with Crippen molar-refractivity contribution in [1.82, 2.24) is 4.98 Å². The van der Waals surface area contributed by atoms with E-state index in [2.05, 4.69) is 17.1 Å². The van der Waals surface area contributed by atoms with Crippen molar-refractivity contribution in [3.8, 4) is 11.1 Å². The van der Waals surface area contributed by atoms with Gasteiger partial charge in [0.2, 0.25) is 0 Å². The third kappa shape index (κ3) is 2.15. The highest BCUT2D eigenvalue weighted by molar-refractivity contribution is 5.71. The van der Waals surface area contributed by atoms with E-state index in [1.165, 1.54) is 5.56 Å². The zero-order valence-corrected chi connectivity index (χ0v) is 10.9. The van der Waals surface area contributed by atoms with Crippen molar-refractivity contribution in [2.45, 2.75) is 19.1 Å². The molecule has 2 aromatic rings. The van der Waals surface area contributed by atoms with Crippen LogP contribution in [0.3, 0.4) is 0 Å². The maximum atomic E-state index is 9.85. The van der Waals surface area contributed by atoms with Crippen molar-refractivity contribution in [3.63, 3.8) is 0 Å². The molecule has 4 heteroatoms. The minimum atomic E-state index is -0.382. The summed E-state index contributed by atoms with van der Waals surface area (Å²) in [6.45, 7) is 0. The van der Waals surface area contributed by atoms with Crippen LogP contribution in [0, 0.1) is 0 Å². The van der Waals surface area contributed by atoms with Gasteiger partial charge in [-0.3, -0.25) is 4.98 Å². The summed E-state index contributed by atoms with van der Waals surface area (Å²) in [5.41, 5.74) is 10.9. The number of nitrogens with zero attached hydrogens (tertiary/aromatic N) is 2. The summed E-state index contributed by atoms with van der Waals surface area (Å²) < 4.78 is 0. The molecule has 0 amide bonds. The highest BCUT2D eigenvalue weighted by Gasteiger charge is 2.21. The molecule has 4 nitrogen and oxygen atoms in total. The number of nitrogen functional groups attached to an aromatic ring is 1. The van der Waals surface area contributed by atoms with E-state index in [1.807, 2.05) is 30.3 Å². The van der Waals surface area contributed by atoms with Crippen LogP contribution < -0.4 is 10.6 Å². The molecule has 1 aliphatic rings. The zero-order valence-electron chi connectivity index (χ0n) is 10.9. The number of nitrogens with two attached hydrogens (primary N) is 1. The first kappa shape index (κ1) is 12.0. The highest BCUT2D eigenvalue weighted by Crippen LogP contribution is 2.32. The van der Waals surface area contributed by atoms with Crippen molar-refractivity contribution in [1.29, 1.82) is 0 Å². The fourth-order valence-corrected chi connectivity index (χ4v) is 2.56. The monoisotopic (exact) mass is 255 g/mol. The van der Waals surface area contributed by atoms with Gasteiger partial charge in [0.15, 0.2) is 0 Å². The van der Waals surface area contributed by atoms with Gasteiger partial charge in [0.05, 0.1) is 5.69 Å². The highest BCUT2D eigenvalue weighted by atomic mass is 16.3. The number of hydrogen-bond donors (Lipinski definition) is 2. The van der Waals surface area contributed by atoms with Crippen molar-refractivity contribution in [2.24, 2.45) is 0 Å². The van der Waals surface area contributed by atoms with Crippen molar-refractivity contribution in [2.75, 3.05) is 17.7 Å². The van der Waals surface area contributed by atoms with E-state index < -0.39 is 0 Å². The zero-order chi connectivity index (χ0) is 13.4. The second-order valence-electron chi connectivity index (χ2n) is 4.98. The Morgan fingerprint density at radius 3 is 2.89 bits per heavy atom. The van der Waals surface area contributed by atoms with Crippen molar-refractivity contribution >= 4 is 11.4 Å². The molecular formula is C15H17N3O. The van der Waals surface area contributed by atoms with E-state index in [1.54, 1.807) is 6.20 Å². The minimum absolute atomic E-state index is 0.382. The first-order valence-electron chi connectivity index (χ1n) is 6.40. The lowest BCUT2D eigenvalue weighted by Crippen LogP contribution is -2.35. The molecule has 0 spiro atoms. The van der Waals surface area contributed by atoms with Crippen LogP contribution in [0.1, 0.15) is 12.0 Å². The van der Waals surface area contributed by atoms with Gasteiger partial charge in [-0.2, -0.15) is 0 Å². The fraction of sp³-hybridized carbons (Fsp3) is 0.267. The smallest absolute Gasteiger partial charge is 0.126 e. The van der Waals surface area contributed by atoms with Crippen LogP contribution in [0.15, 0.2) is 36.7 Å². The summed E-state index contributed by atoms with van der Waals surface area (Å²) in [4.78, 5) is 6.04. The van der Waals surface area contributed by atoms with E-state index in [0.29, 0.717) is 5.69 Å². The number of benzene rings is 1. The van der Waals surface area contributed by atoms with Gasteiger partial charge in [0, 0.05) is 30.7 Å². The van der Waals surface area contributed by atoms with Crippen LogP contribution in [0.2, 0.25) is 0 Å². The maximum absolute atomic E-state index is 9.85. The van der Waals surface area contributed by atoms with Gasteiger partial charge in [-0.05, 0) is 42.2 Å². The third-order valence-electron chi connectivity index (χ3n) is 3.67. The van der Waals surface area contributed by atoms with E-state index in [9.17, 15) is 5.11 Å². The molecule has 0 fully saturated rings. The van der Waals surface area contributed by atoms with E-state index >= 15 is 0 Å². The molecule has 3 N–H and O–H groups in total. The molecule has 0 saturated carbocycles. The summed E-state index contributed by atoms with van der Waals surface area (Å²) in [6.07, 6.45) is 4.74. The minimum Gasteiger partial charge on any atom is -0.397 e. The second-order valence-corrected chi connectivity index (χ2v) is 4.98. The number of rotatable bonds is 1.